The van der Waals surface area contributed by atoms with Crippen molar-refractivity contribution < 1.29 is 22.7 Å². The number of para-hydroxylation sites is 1. The number of nitrogens with one attached hydrogen (secondary N) is 1. The van der Waals surface area contributed by atoms with Crippen LogP contribution in [0.15, 0.2) is 48.5 Å². The molecule has 1 aliphatic rings. The van der Waals surface area contributed by atoms with Gasteiger partial charge in [0, 0.05) is 13.1 Å². The minimum absolute atomic E-state index is 0.275. The average molecular weight is 419 g/mol. The normalized spacial score (nSPS) is 15.6. The van der Waals surface area contributed by atoms with Crippen LogP contribution in [0.4, 0.5) is 11.4 Å². The topological polar surface area (TPSA) is 84.9 Å². The van der Waals surface area contributed by atoms with Gasteiger partial charge in [0.25, 0.3) is 0 Å². The van der Waals surface area contributed by atoms with Crippen molar-refractivity contribution in [2.45, 2.75) is 30.4 Å². The summed E-state index contributed by atoms with van der Waals surface area (Å²) in [5, 5.41) is 2.78. The van der Waals surface area contributed by atoms with E-state index in [4.69, 9.17) is 9.47 Å². The van der Waals surface area contributed by atoms with E-state index < -0.39 is 20.7 Å². The molecule has 0 heterocycles. The lowest BCUT2D eigenvalue weighted by molar-refractivity contribution is -0.118. The van der Waals surface area contributed by atoms with E-state index in [-0.39, 0.29) is 12.8 Å². The molecule has 29 heavy (non-hydrogen) atoms. The Labute approximate surface area is 171 Å². The van der Waals surface area contributed by atoms with Crippen molar-refractivity contribution >= 4 is 27.3 Å². The number of hydrogen-bond acceptors (Lipinski definition) is 5. The second-order valence-electron chi connectivity index (χ2n) is 7.03. The number of sulfonamides is 1. The fraction of sp³-hybridized carbons (Fsp3) is 0.381. The molecule has 0 aromatic heterocycles. The van der Waals surface area contributed by atoms with E-state index in [2.05, 4.69) is 5.32 Å². The number of rotatable bonds is 7. The third-order valence-corrected chi connectivity index (χ3v) is 7.97. The van der Waals surface area contributed by atoms with Gasteiger partial charge in [0.1, 0.15) is 11.5 Å². The Bertz CT molecular complexity index is 970. The van der Waals surface area contributed by atoms with Gasteiger partial charge in [-0.1, -0.05) is 31.0 Å². The zero-order valence-corrected chi connectivity index (χ0v) is 17.7. The monoisotopic (exact) mass is 418 g/mol. The first-order chi connectivity index (χ1) is 13.9. The van der Waals surface area contributed by atoms with Crippen LogP contribution in [0.2, 0.25) is 0 Å². The van der Waals surface area contributed by atoms with Gasteiger partial charge >= 0.3 is 0 Å². The minimum Gasteiger partial charge on any atom is -0.497 e. The van der Waals surface area contributed by atoms with Gasteiger partial charge in [-0.05, 0) is 37.1 Å². The van der Waals surface area contributed by atoms with Crippen molar-refractivity contribution in [2.24, 2.45) is 0 Å². The highest BCUT2D eigenvalue weighted by atomic mass is 32.2. The van der Waals surface area contributed by atoms with Gasteiger partial charge in [-0.3, -0.25) is 9.10 Å². The van der Waals surface area contributed by atoms with Crippen molar-refractivity contribution in [3.63, 3.8) is 0 Å². The van der Waals surface area contributed by atoms with Crippen LogP contribution in [0.3, 0.4) is 0 Å². The fourth-order valence-corrected chi connectivity index (χ4v) is 5.74. The highest BCUT2D eigenvalue weighted by Crippen LogP contribution is 2.41. The van der Waals surface area contributed by atoms with Gasteiger partial charge in [-0.2, -0.15) is 0 Å². The summed E-state index contributed by atoms with van der Waals surface area (Å²) in [4.78, 5) is 13.3. The van der Waals surface area contributed by atoms with Crippen molar-refractivity contribution in [1.29, 1.82) is 0 Å². The molecule has 1 N–H and O–H groups in total. The van der Waals surface area contributed by atoms with E-state index in [1.807, 2.05) is 6.07 Å². The summed E-state index contributed by atoms with van der Waals surface area (Å²) in [7, 11) is 0.559. The maximum atomic E-state index is 13.6. The number of anilines is 2. The summed E-state index contributed by atoms with van der Waals surface area (Å²) in [5.74, 6) is 0.438. The van der Waals surface area contributed by atoms with Crippen LogP contribution >= 0.6 is 0 Å². The van der Waals surface area contributed by atoms with E-state index in [0.29, 0.717) is 35.7 Å². The number of carbonyl (C=O) groups excluding carboxylic acids is 1. The second-order valence-corrected chi connectivity index (χ2v) is 9.31. The summed E-state index contributed by atoms with van der Waals surface area (Å²) < 4.78 is 37.3. The summed E-state index contributed by atoms with van der Waals surface area (Å²) >= 11 is 0. The summed E-state index contributed by atoms with van der Waals surface area (Å²) in [6.45, 7) is 0. The predicted molar refractivity (Wildman–Crippen MR) is 113 cm³/mol. The first kappa shape index (κ1) is 21.0. The van der Waals surface area contributed by atoms with E-state index in [1.54, 1.807) is 42.5 Å². The minimum atomic E-state index is -3.95. The van der Waals surface area contributed by atoms with Gasteiger partial charge in [0.15, 0.2) is 4.75 Å². The average Bonchev–Trinajstić information content (AvgIpc) is 3.26. The molecule has 0 atom stereocenters. The molecule has 1 saturated carbocycles. The molecule has 2 aromatic carbocycles. The number of hydrogen-bond donors (Lipinski definition) is 1. The van der Waals surface area contributed by atoms with Gasteiger partial charge in [0.05, 0.1) is 25.6 Å². The van der Waals surface area contributed by atoms with E-state index in [9.17, 15) is 13.2 Å². The van der Waals surface area contributed by atoms with Crippen LogP contribution in [-0.4, -0.2) is 40.3 Å². The number of methoxy groups -OCH3 is 2. The van der Waals surface area contributed by atoms with Crippen LogP contribution in [0.5, 0.6) is 11.5 Å². The first-order valence-electron chi connectivity index (χ1n) is 9.43. The van der Waals surface area contributed by atoms with Crippen LogP contribution in [0.1, 0.15) is 25.7 Å². The molecule has 7 nitrogen and oxygen atoms in total. The largest absolute Gasteiger partial charge is 0.497 e. The van der Waals surface area contributed by atoms with E-state index in [0.717, 1.165) is 0 Å². The maximum Gasteiger partial charge on any atom is 0.249 e. The highest BCUT2D eigenvalue weighted by Gasteiger charge is 2.54. The Morgan fingerprint density at radius 1 is 1.03 bits per heavy atom. The van der Waals surface area contributed by atoms with Gasteiger partial charge in [0.2, 0.25) is 15.9 Å². The molecule has 1 fully saturated rings. The summed E-state index contributed by atoms with van der Waals surface area (Å²) in [6.07, 6.45) is 1.90. The maximum absolute atomic E-state index is 13.6. The molecule has 1 aliphatic carbocycles. The number of benzene rings is 2. The van der Waals surface area contributed by atoms with Crippen LogP contribution in [-0.2, 0) is 14.8 Å². The van der Waals surface area contributed by atoms with Crippen LogP contribution in [0.25, 0.3) is 0 Å². The molecule has 0 spiro atoms. The SMILES string of the molecule is COc1ccc(NC(=O)C2(S(=O)(=O)N(C)c3ccccc3)CCCC2)c(OC)c1. The first-order valence-corrected chi connectivity index (χ1v) is 10.9. The lowest BCUT2D eigenvalue weighted by Gasteiger charge is -2.33. The molecule has 1 amide bonds. The lowest BCUT2D eigenvalue weighted by Crippen LogP contribution is -2.53. The van der Waals surface area contributed by atoms with E-state index >= 15 is 0 Å². The summed E-state index contributed by atoms with van der Waals surface area (Å²) in [6, 6.07) is 13.8. The number of amides is 1. The standard InChI is InChI=1S/C21H26N2O5S/c1-23(16-9-5-4-6-10-16)29(25,26)21(13-7-8-14-21)20(24)22-18-12-11-17(27-2)15-19(18)28-3/h4-6,9-12,15H,7-8,13-14H2,1-3H3,(H,22,24). The Hall–Kier alpha value is -2.74. The Morgan fingerprint density at radius 2 is 1.69 bits per heavy atom. The Balaban J connectivity index is 1.96. The van der Waals surface area contributed by atoms with Gasteiger partial charge in [-0.15, -0.1) is 0 Å². The Kier molecular flexibility index (Phi) is 6.02. The predicted octanol–water partition coefficient (Wildman–Crippen LogP) is 3.42. The van der Waals surface area contributed by atoms with Crippen molar-refractivity contribution in [1.82, 2.24) is 0 Å². The zero-order valence-electron chi connectivity index (χ0n) is 16.8. The highest BCUT2D eigenvalue weighted by molar-refractivity contribution is 7.95. The number of ether oxygens (including phenoxy) is 2. The van der Waals surface area contributed by atoms with Crippen LogP contribution < -0.4 is 19.1 Å². The van der Waals surface area contributed by atoms with Crippen molar-refractivity contribution in [2.75, 3.05) is 30.9 Å². The molecule has 8 heteroatoms. The zero-order chi connectivity index (χ0) is 21.1. The molecule has 0 radical (unpaired) electrons. The molecule has 156 valence electrons. The quantitative estimate of drug-likeness (QED) is 0.745. The Morgan fingerprint density at radius 3 is 2.28 bits per heavy atom. The fourth-order valence-electron chi connectivity index (χ4n) is 3.73. The van der Waals surface area contributed by atoms with Gasteiger partial charge in [-0.25, -0.2) is 8.42 Å². The molecular formula is C21H26N2O5S. The van der Waals surface area contributed by atoms with Crippen molar-refractivity contribution in [3.05, 3.63) is 48.5 Å². The lowest BCUT2D eigenvalue weighted by atomic mass is 10.1. The molecule has 0 unspecified atom stereocenters. The molecular weight excluding hydrogens is 392 g/mol. The molecule has 0 bridgehead atoms. The number of nitrogens with zero attached hydrogens (tertiary/aromatic N) is 1. The van der Waals surface area contributed by atoms with E-state index in [1.165, 1.54) is 25.6 Å². The molecule has 0 aliphatic heterocycles. The molecule has 0 saturated heterocycles. The molecule has 2 aromatic rings. The third kappa shape index (κ3) is 3.76. The third-order valence-electron chi connectivity index (χ3n) is 5.46. The van der Waals surface area contributed by atoms with Crippen molar-refractivity contribution in [3.8, 4) is 11.5 Å². The number of carbonyl (C=O) groups is 1. The van der Waals surface area contributed by atoms with Crippen LogP contribution in [0, 0.1) is 0 Å². The smallest absolute Gasteiger partial charge is 0.249 e. The second kappa shape index (κ2) is 8.32. The van der Waals surface area contributed by atoms with Gasteiger partial charge < -0.3 is 14.8 Å². The molecule has 3 rings (SSSR count). The summed E-state index contributed by atoms with van der Waals surface area (Å²) in [5.41, 5.74) is 0.927.